The van der Waals surface area contributed by atoms with Crippen LogP contribution in [0.1, 0.15) is 44.1 Å². The minimum absolute atomic E-state index is 0.308. The first-order valence-electron chi connectivity index (χ1n) is 9.76. The van der Waals surface area contributed by atoms with E-state index in [2.05, 4.69) is 62.7 Å². The van der Waals surface area contributed by atoms with Crippen LogP contribution in [-0.2, 0) is 9.47 Å². The maximum atomic E-state index is 5.70. The van der Waals surface area contributed by atoms with Crippen molar-refractivity contribution in [1.29, 1.82) is 0 Å². The molecular formula is C20H30BrN3O2. The Morgan fingerprint density at radius 2 is 2.19 bits per heavy atom. The van der Waals surface area contributed by atoms with Gasteiger partial charge in [0.1, 0.15) is 0 Å². The second kappa shape index (κ2) is 10.3. The Morgan fingerprint density at radius 3 is 2.92 bits per heavy atom. The van der Waals surface area contributed by atoms with Crippen molar-refractivity contribution in [2.24, 2.45) is 4.99 Å². The molecule has 1 aromatic rings. The zero-order valence-electron chi connectivity index (χ0n) is 15.5. The summed E-state index contributed by atoms with van der Waals surface area (Å²) in [5.41, 5.74) is 1.39. The van der Waals surface area contributed by atoms with Crippen LogP contribution in [0.3, 0.4) is 0 Å². The SMILES string of the molecule is CCNC(=NCCCOCC1CCCO1)NC1CC1c1ccc(Br)cc1. The topological polar surface area (TPSA) is 54.9 Å². The minimum Gasteiger partial charge on any atom is -0.379 e. The first kappa shape index (κ1) is 19.6. The number of halogens is 1. The third kappa shape index (κ3) is 6.25. The predicted octanol–water partition coefficient (Wildman–Crippen LogP) is 3.45. The number of guanidine groups is 1. The van der Waals surface area contributed by atoms with Crippen LogP contribution in [0, 0.1) is 0 Å². The molecule has 1 aliphatic heterocycles. The molecule has 2 N–H and O–H groups in total. The quantitative estimate of drug-likeness (QED) is 0.362. The van der Waals surface area contributed by atoms with Crippen LogP contribution in [0.5, 0.6) is 0 Å². The van der Waals surface area contributed by atoms with Crippen LogP contribution in [0.2, 0.25) is 0 Å². The number of ether oxygens (including phenoxy) is 2. The molecule has 1 aliphatic carbocycles. The van der Waals surface area contributed by atoms with E-state index in [0.717, 1.165) is 62.6 Å². The van der Waals surface area contributed by atoms with Crippen molar-refractivity contribution in [3.05, 3.63) is 34.3 Å². The fraction of sp³-hybridized carbons (Fsp3) is 0.650. The molecule has 5 nitrogen and oxygen atoms in total. The molecular weight excluding hydrogens is 394 g/mol. The Labute approximate surface area is 165 Å². The Kier molecular flexibility index (Phi) is 7.77. The van der Waals surface area contributed by atoms with Crippen LogP contribution in [-0.4, -0.2) is 51.0 Å². The van der Waals surface area contributed by atoms with Crippen molar-refractivity contribution < 1.29 is 9.47 Å². The van der Waals surface area contributed by atoms with Gasteiger partial charge in [-0.05, 0) is 50.3 Å². The van der Waals surface area contributed by atoms with Gasteiger partial charge in [0.2, 0.25) is 0 Å². The molecule has 1 heterocycles. The third-order valence-corrected chi connectivity index (χ3v) is 5.33. The summed E-state index contributed by atoms with van der Waals surface area (Å²) in [7, 11) is 0. The van der Waals surface area contributed by atoms with Crippen molar-refractivity contribution in [1.82, 2.24) is 10.6 Å². The largest absolute Gasteiger partial charge is 0.379 e. The van der Waals surface area contributed by atoms with Gasteiger partial charge in [-0.1, -0.05) is 28.1 Å². The Morgan fingerprint density at radius 1 is 1.35 bits per heavy atom. The molecule has 6 heteroatoms. The van der Waals surface area contributed by atoms with Gasteiger partial charge in [-0.25, -0.2) is 0 Å². The van der Waals surface area contributed by atoms with Gasteiger partial charge in [0.15, 0.2) is 5.96 Å². The molecule has 0 amide bonds. The number of hydrogen-bond acceptors (Lipinski definition) is 3. The van der Waals surface area contributed by atoms with Gasteiger partial charge in [0.05, 0.1) is 12.7 Å². The highest BCUT2D eigenvalue weighted by molar-refractivity contribution is 9.10. The van der Waals surface area contributed by atoms with Gasteiger partial charge in [-0.2, -0.15) is 0 Å². The van der Waals surface area contributed by atoms with Gasteiger partial charge in [0.25, 0.3) is 0 Å². The first-order valence-corrected chi connectivity index (χ1v) is 10.5. The summed E-state index contributed by atoms with van der Waals surface area (Å²) in [6.07, 6.45) is 4.70. The number of rotatable bonds is 9. The standard InChI is InChI=1S/C20H30BrN3O2/c1-2-22-20(23-10-4-11-25-14-17-5-3-12-26-17)24-19-13-18(19)15-6-8-16(21)9-7-15/h6-9,17-19H,2-5,10-14H2,1H3,(H2,22,23,24). The average molecular weight is 424 g/mol. The summed E-state index contributed by atoms with van der Waals surface area (Å²) in [5.74, 6) is 1.50. The Balaban J connectivity index is 1.35. The van der Waals surface area contributed by atoms with Crippen molar-refractivity contribution in [3.63, 3.8) is 0 Å². The minimum atomic E-state index is 0.308. The van der Waals surface area contributed by atoms with Crippen molar-refractivity contribution in [3.8, 4) is 0 Å². The maximum Gasteiger partial charge on any atom is 0.191 e. The first-order chi connectivity index (χ1) is 12.8. The van der Waals surface area contributed by atoms with E-state index < -0.39 is 0 Å². The molecule has 0 radical (unpaired) electrons. The molecule has 1 aromatic carbocycles. The highest BCUT2D eigenvalue weighted by atomic mass is 79.9. The van der Waals surface area contributed by atoms with E-state index in [9.17, 15) is 0 Å². The molecule has 3 unspecified atom stereocenters. The fourth-order valence-corrected chi connectivity index (χ4v) is 3.54. The van der Waals surface area contributed by atoms with Crippen LogP contribution in [0.15, 0.2) is 33.7 Å². The van der Waals surface area contributed by atoms with Gasteiger partial charge in [0, 0.05) is 42.7 Å². The maximum absolute atomic E-state index is 5.70. The van der Waals surface area contributed by atoms with E-state index in [4.69, 9.17) is 9.47 Å². The number of benzene rings is 1. The van der Waals surface area contributed by atoms with Crippen molar-refractivity contribution in [2.75, 3.05) is 32.9 Å². The highest BCUT2D eigenvalue weighted by Gasteiger charge is 2.38. The second-order valence-electron chi connectivity index (χ2n) is 6.97. The number of nitrogens with one attached hydrogen (secondary N) is 2. The molecule has 1 saturated heterocycles. The lowest BCUT2D eigenvalue weighted by Crippen LogP contribution is -2.39. The van der Waals surface area contributed by atoms with Gasteiger partial charge >= 0.3 is 0 Å². The number of aliphatic imine (C=N–C) groups is 1. The normalized spacial score (nSPS) is 25.3. The molecule has 3 rings (SSSR count). The zero-order chi connectivity index (χ0) is 18.2. The van der Waals surface area contributed by atoms with Crippen LogP contribution in [0.25, 0.3) is 0 Å². The number of nitrogens with zero attached hydrogens (tertiary/aromatic N) is 1. The molecule has 0 spiro atoms. The van der Waals surface area contributed by atoms with Gasteiger partial charge in [-0.3, -0.25) is 4.99 Å². The smallest absolute Gasteiger partial charge is 0.191 e. The third-order valence-electron chi connectivity index (χ3n) is 4.80. The highest BCUT2D eigenvalue weighted by Crippen LogP contribution is 2.40. The zero-order valence-corrected chi connectivity index (χ0v) is 17.1. The molecule has 2 fully saturated rings. The summed E-state index contributed by atoms with van der Waals surface area (Å²) in [4.78, 5) is 4.68. The Bertz CT molecular complexity index is 573. The summed E-state index contributed by atoms with van der Waals surface area (Å²) < 4.78 is 12.4. The lowest BCUT2D eigenvalue weighted by atomic mass is 10.1. The van der Waals surface area contributed by atoms with Crippen molar-refractivity contribution >= 4 is 21.9 Å². The molecule has 0 aromatic heterocycles. The van der Waals surface area contributed by atoms with E-state index in [1.54, 1.807) is 0 Å². The summed E-state index contributed by atoms with van der Waals surface area (Å²) >= 11 is 3.49. The van der Waals surface area contributed by atoms with E-state index in [1.807, 2.05) is 0 Å². The lowest BCUT2D eigenvalue weighted by molar-refractivity contribution is 0.0171. The van der Waals surface area contributed by atoms with Crippen LogP contribution in [0.4, 0.5) is 0 Å². The molecule has 26 heavy (non-hydrogen) atoms. The van der Waals surface area contributed by atoms with E-state index >= 15 is 0 Å². The van der Waals surface area contributed by atoms with E-state index in [0.29, 0.717) is 18.1 Å². The molecule has 144 valence electrons. The Hall–Kier alpha value is -1.11. The van der Waals surface area contributed by atoms with Gasteiger partial charge < -0.3 is 20.1 Å². The summed E-state index contributed by atoms with van der Waals surface area (Å²) in [6.45, 7) is 6.10. The summed E-state index contributed by atoms with van der Waals surface area (Å²) in [5, 5.41) is 6.90. The molecule has 2 aliphatic rings. The monoisotopic (exact) mass is 423 g/mol. The molecule has 3 atom stereocenters. The van der Waals surface area contributed by atoms with Crippen LogP contribution < -0.4 is 10.6 Å². The van der Waals surface area contributed by atoms with Gasteiger partial charge in [-0.15, -0.1) is 0 Å². The van der Waals surface area contributed by atoms with Crippen molar-refractivity contribution in [2.45, 2.75) is 50.7 Å². The van der Waals surface area contributed by atoms with E-state index in [1.165, 1.54) is 12.0 Å². The predicted molar refractivity (Wildman–Crippen MR) is 109 cm³/mol. The average Bonchev–Trinajstić information content (AvgIpc) is 3.20. The lowest BCUT2D eigenvalue weighted by Gasteiger charge is -2.12. The fourth-order valence-electron chi connectivity index (χ4n) is 3.28. The van der Waals surface area contributed by atoms with E-state index in [-0.39, 0.29) is 0 Å². The summed E-state index contributed by atoms with van der Waals surface area (Å²) in [6, 6.07) is 9.10. The number of hydrogen-bond donors (Lipinski definition) is 2. The second-order valence-corrected chi connectivity index (χ2v) is 7.88. The molecule has 0 bridgehead atoms. The van der Waals surface area contributed by atoms with Crippen LogP contribution >= 0.6 is 15.9 Å². The molecule has 1 saturated carbocycles.